The van der Waals surface area contributed by atoms with Crippen LogP contribution in [0.15, 0.2) is 12.4 Å². The molecule has 2 aromatic heterocycles. The lowest BCUT2D eigenvalue weighted by atomic mass is 9.96. The molecule has 2 saturated heterocycles. The number of likely N-dealkylation sites (tertiary alicyclic amines) is 1. The molecule has 0 radical (unpaired) electrons. The maximum atomic E-state index is 12.2. The summed E-state index contributed by atoms with van der Waals surface area (Å²) in [6, 6.07) is 0.432. The average Bonchev–Trinajstić information content (AvgIpc) is 3.45. The summed E-state index contributed by atoms with van der Waals surface area (Å²) in [4.78, 5) is 18.3. The van der Waals surface area contributed by atoms with Crippen LogP contribution in [0.25, 0.3) is 0 Å². The number of carbonyl (C=O) groups is 1. The molecule has 0 N–H and O–H groups in total. The van der Waals surface area contributed by atoms with Crippen molar-refractivity contribution in [3.8, 4) is 0 Å². The second-order valence-corrected chi connectivity index (χ2v) is 8.41. The summed E-state index contributed by atoms with van der Waals surface area (Å²) in [6.07, 6.45) is 9.83. The molecule has 0 spiro atoms. The zero-order chi connectivity index (χ0) is 19.3. The smallest absolute Gasteiger partial charge is 0.324 e. The van der Waals surface area contributed by atoms with Crippen LogP contribution in [-0.4, -0.2) is 68.6 Å². The number of anilines is 1. The maximum absolute atomic E-state index is 12.2. The SMILES string of the molecule is CN1CCN(c2cnn(C3CCN(Cc4c5c(nn4C)CCCC5)C3)c2)C1=O. The van der Waals surface area contributed by atoms with Gasteiger partial charge in [0.25, 0.3) is 0 Å². The Hall–Kier alpha value is -2.35. The lowest BCUT2D eigenvalue weighted by Crippen LogP contribution is -2.28. The topological polar surface area (TPSA) is 62.4 Å². The molecule has 0 saturated carbocycles. The van der Waals surface area contributed by atoms with E-state index in [1.807, 2.05) is 24.3 Å². The van der Waals surface area contributed by atoms with Gasteiger partial charge < -0.3 is 4.90 Å². The highest BCUT2D eigenvalue weighted by Gasteiger charge is 2.30. The van der Waals surface area contributed by atoms with Gasteiger partial charge in [-0.25, -0.2) is 4.79 Å². The molecule has 28 heavy (non-hydrogen) atoms. The lowest BCUT2D eigenvalue weighted by Gasteiger charge is -2.18. The fourth-order valence-electron chi connectivity index (χ4n) is 4.88. The van der Waals surface area contributed by atoms with Crippen molar-refractivity contribution in [3.05, 3.63) is 29.3 Å². The predicted molar refractivity (Wildman–Crippen MR) is 106 cm³/mol. The van der Waals surface area contributed by atoms with Crippen LogP contribution in [0.1, 0.15) is 42.3 Å². The Kier molecular flexibility index (Phi) is 4.38. The van der Waals surface area contributed by atoms with Gasteiger partial charge in [-0.05, 0) is 37.7 Å². The summed E-state index contributed by atoms with van der Waals surface area (Å²) in [7, 11) is 3.93. The molecule has 1 unspecified atom stereocenters. The molecule has 8 nitrogen and oxygen atoms in total. The molecule has 0 bridgehead atoms. The van der Waals surface area contributed by atoms with E-state index >= 15 is 0 Å². The first-order valence-electron chi connectivity index (χ1n) is 10.4. The largest absolute Gasteiger partial charge is 0.326 e. The van der Waals surface area contributed by atoms with Crippen molar-refractivity contribution >= 4 is 11.7 Å². The van der Waals surface area contributed by atoms with Crippen molar-refractivity contribution < 1.29 is 4.79 Å². The number of aromatic nitrogens is 4. The van der Waals surface area contributed by atoms with Crippen LogP contribution < -0.4 is 4.90 Å². The number of hydrogen-bond donors (Lipinski definition) is 0. The zero-order valence-corrected chi connectivity index (χ0v) is 16.8. The van der Waals surface area contributed by atoms with Crippen molar-refractivity contribution in [1.82, 2.24) is 29.4 Å². The van der Waals surface area contributed by atoms with Gasteiger partial charge in [-0.1, -0.05) is 0 Å². The number of urea groups is 1. The summed E-state index contributed by atoms with van der Waals surface area (Å²) >= 11 is 0. The lowest BCUT2D eigenvalue weighted by molar-refractivity contribution is 0.229. The van der Waals surface area contributed by atoms with Gasteiger partial charge in [0, 0.05) is 53.0 Å². The minimum atomic E-state index is 0.0635. The summed E-state index contributed by atoms with van der Waals surface area (Å²) in [5.74, 6) is 0. The number of nitrogens with zero attached hydrogens (tertiary/aromatic N) is 7. The van der Waals surface area contributed by atoms with Gasteiger partial charge in [-0.15, -0.1) is 0 Å². The van der Waals surface area contributed by atoms with Gasteiger partial charge in [0.1, 0.15) is 0 Å². The summed E-state index contributed by atoms with van der Waals surface area (Å²) in [5, 5.41) is 9.34. The fourth-order valence-corrected chi connectivity index (χ4v) is 4.88. The van der Waals surface area contributed by atoms with E-state index in [1.165, 1.54) is 36.2 Å². The Morgan fingerprint density at radius 2 is 2.00 bits per heavy atom. The Morgan fingerprint density at radius 3 is 2.82 bits per heavy atom. The van der Waals surface area contributed by atoms with Crippen LogP contribution in [0.3, 0.4) is 0 Å². The first kappa shape index (κ1) is 17.7. The first-order valence-corrected chi connectivity index (χ1v) is 10.4. The summed E-state index contributed by atoms with van der Waals surface area (Å²) < 4.78 is 4.16. The molecule has 2 aromatic rings. The highest BCUT2D eigenvalue weighted by Crippen LogP contribution is 2.29. The van der Waals surface area contributed by atoms with Gasteiger partial charge in [0.05, 0.1) is 29.3 Å². The number of rotatable bonds is 4. The van der Waals surface area contributed by atoms with Crippen LogP contribution in [0.4, 0.5) is 10.5 Å². The molecule has 0 aromatic carbocycles. The summed E-state index contributed by atoms with van der Waals surface area (Å²) in [6.45, 7) is 4.55. The Balaban J connectivity index is 1.26. The first-order chi connectivity index (χ1) is 13.6. The van der Waals surface area contributed by atoms with E-state index in [0.717, 1.165) is 51.3 Å². The number of aryl methyl sites for hydroxylation is 2. The molecular weight excluding hydrogens is 354 g/mol. The van der Waals surface area contributed by atoms with Crippen LogP contribution >= 0.6 is 0 Å². The molecule has 3 aliphatic rings. The van der Waals surface area contributed by atoms with Crippen LogP contribution in [0.2, 0.25) is 0 Å². The van der Waals surface area contributed by atoms with Crippen LogP contribution in [0, 0.1) is 0 Å². The van der Waals surface area contributed by atoms with Crippen molar-refractivity contribution in [3.63, 3.8) is 0 Å². The number of carbonyl (C=O) groups excluding carboxylic acids is 1. The monoisotopic (exact) mass is 383 g/mol. The van der Waals surface area contributed by atoms with Gasteiger partial charge in [-0.3, -0.25) is 19.2 Å². The minimum Gasteiger partial charge on any atom is -0.326 e. The van der Waals surface area contributed by atoms with Crippen molar-refractivity contribution in [2.24, 2.45) is 7.05 Å². The van der Waals surface area contributed by atoms with Crippen LogP contribution in [-0.2, 0) is 26.4 Å². The molecule has 1 aliphatic carbocycles. The predicted octanol–water partition coefficient (Wildman–Crippen LogP) is 1.81. The van der Waals surface area contributed by atoms with Crippen molar-refractivity contribution in [1.29, 1.82) is 0 Å². The molecule has 5 rings (SSSR count). The van der Waals surface area contributed by atoms with Gasteiger partial charge >= 0.3 is 6.03 Å². The van der Waals surface area contributed by atoms with E-state index in [1.54, 1.807) is 4.90 Å². The quantitative estimate of drug-likeness (QED) is 0.808. The maximum Gasteiger partial charge on any atom is 0.324 e. The molecule has 2 fully saturated rings. The highest BCUT2D eigenvalue weighted by molar-refractivity contribution is 5.93. The third kappa shape index (κ3) is 2.99. The second-order valence-electron chi connectivity index (χ2n) is 8.41. The van der Waals surface area contributed by atoms with E-state index < -0.39 is 0 Å². The Labute approximate surface area is 165 Å². The third-order valence-electron chi connectivity index (χ3n) is 6.56. The summed E-state index contributed by atoms with van der Waals surface area (Å²) in [5.41, 5.74) is 5.11. The number of likely N-dealkylation sites (N-methyl/N-ethyl adjacent to an activating group) is 1. The third-order valence-corrected chi connectivity index (χ3v) is 6.56. The molecule has 8 heteroatoms. The number of hydrogen-bond acceptors (Lipinski definition) is 4. The average molecular weight is 384 g/mol. The number of amides is 2. The molecule has 4 heterocycles. The van der Waals surface area contributed by atoms with E-state index in [0.29, 0.717) is 6.04 Å². The number of fused-ring (bicyclic) bond motifs is 1. The molecule has 2 amide bonds. The van der Waals surface area contributed by atoms with E-state index in [2.05, 4.69) is 26.4 Å². The van der Waals surface area contributed by atoms with Crippen molar-refractivity contribution in [2.75, 3.05) is 38.1 Å². The zero-order valence-electron chi connectivity index (χ0n) is 16.8. The van der Waals surface area contributed by atoms with E-state index in [4.69, 9.17) is 5.10 Å². The van der Waals surface area contributed by atoms with Crippen molar-refractivity contribution in [2.45, 2.75) is 44.7 Å². The van der Waals surface area contributed by atoms with E-state index in [-0.39, 0.29) is 6.03 Å². The standard InChI is InChI=1S/C20H29N7O/c1-23-9-10-26(20(23)28)16-11-21-27(13-16)15-7-8-25(12-15)14-19-17-5-3-4-6-18(17)22-24(19)2/h11,13,15H,3-10,12,14H2,1-2H3. The van der Waals surface area contributed by atoms with Gasteiger partial charge in [-0.2, -0.15) is 10.2 Å². The Bertz CT molecular complexity index is 885. The highest BCUT2D eigenvalue weighted by atomic mass is 16.2. The molecule has 150 valence electrons. The minimum absolute atomic E-state index is 0.0635. The fraction of sp³-hybridized carbons (Fsp3) is 0.650. The molecule has 2 aliphatic heterocycles. The Morgan fingerprint density at radius 1 is 1.14 bits per heavy atom. The van der Waals surface area contributed by atoms with Gasteiger partial charge in [0.15, 0.2) is 0 Å². The second kappa shape index (κ2) is 6.92. The van der Waals surface area contributed by atoms with Crippen LogP contribution in [0.5, 0.6) is 0 Å². The normalized spacial score (nSPS) is 23.1. The van der Waals surface area contributed by atoms with E-state index in [9.17, 15) is 4.79 Å². The van der Waals surface area contributed by atoms with Gasteiger partial charge in [0.2, 0.25) is 0 Å². The molecule has 1 atom stereocenters. The molecular formula is C20H29N7O.